The van der Waals surface area contributed by atoms with Gasteiger partial charge in [0.1, 0.15) is 0 Å². The second-order valence-electron chi connectivity index (χ2n) is 5.01. The summed E-state index contributed by atoms with van der Waals surface area (Å²) in [5.41, 5.74) is 0. The van der Waals surface area contributed by atoms with Crippen LogP contribution in [0.4, 0.5) is 8.78 Å². The average Bonchev–Trinajstić information content (AvgIpc) is 2.17. The fourth-order valence-corrected chi connectivity index (χ4v) is 2.22. The monoisotopic (exact) mass is 220 g/mol. The molecule has 1 rings (SSSR count). The fourth-order valence-electron chi connectivity index (χ4n) is 2.22. The molecule has 1 N–H and O–H groups in total. The van der Waals surface area contributed by atoms with Crippen LogP contribution in [0, 0.1) is 11.8 Å². The quantitative estimate of drug-likeness (QED) is 0.767. The van der Waals surface area contributed by atoms with E-state index >= 15 is 0 Å². The van der Waals surface area contributed by atoms with Crippen LogP contribution in [0.15, 0.2) is 0 Å². The Kier molecular flexibility index (Phi) is 4.50. The van der Waals surface area contributed by atoms with Crippen molar-refractivity contribution in [3.8, 4) is 0 Å². The normalized spacial score (nSPS) is 26.2. The Bertz CT molecular complexity index is 184. The minimum atomic E-state index is -2.48. The highest BCUT2D eigenvalue weighted by Crippen LogP contribution is 2.38. The maximum Gasteiger partial charge on any atom is 0.248 e. The highest BCUT2D eigenvalue weighted by Gasteiger charge is 2.37. The maximum atomic E-state index is 12.9. The summed E-state index contributed by atoms with van der Waals surface area (Å²) in [5, 5.41) is 9.90. The van der Waals surface area contributed by atoms with E-state index in [1.807, 2.05) is 0 Å². The van der Waals surface area contributed by atoms with E-state index in [9.17, 15) is 13.9 Å². The zero-order chi connectivity index (χ0) is 11.5. The van der Waals surface area contributed by atoms with Crippen molar-refractivity contribution in [3.63, 3.8) is 0 Å². The zero-order valence-corrected chi connectivity index (χ0v) is 9.68. The van der Waals surface area contributed by atoms with Gasteiger partial charge in [-0.3, -0.25) is 0 Å². The van der Waals surface area contributed by atoms with E-state index in [4.69, 9.17) is 0 Å². The predicted molar refractivity (Wildman–Crippen MR) is 57.0 cm³/mol. The van der Waals surface area contributed by atoms with Crippen LogP contribution >= 0.6 is 0 Å². The summed E-state index contributed by atoms with van der Waals surface area (Å²) < 4.78 is 25.8. The van der Waals surface area contributed by atoms with Crippen molar-refractivity contribution in [2.24, 2.45) is 11.8 Å². The SMILES string of the molecule is CCC(C)CC(O)C1CCC(F)(F)CC1. The molecule has 0 radical (unpaired) electrons. The molecule has 0 aromatic carbocycles. The molecule has 0 aromatic rings. The van der Waals surface area contributed by atoms with Gasteiger partial charge in [-0.25, -0.2) is 8.78 Å². The summed E-state index contributed by atoms with van der Waals surface area (Å²) in [6, 6.07) is 0. The third kappa shape index (κ3) is 4.06. The Balaban J connectivity index is 2.33. The third-order valence-electron chi connectivity index (χ3n) is 3.65. The van der Waals surface area contributed by atoms with Gasteiger partial charge in [0.25, 0.3) is 0 Å². The van der Waals surface area contributed by atoms with E-state index in [-0.39, 0.29) is 24.9 Å². The van der Waals surface area contributed by atoms with Gasteiger partial charge in [-0.1, -0.05) is 20.3 Å². The lowest BCUT2D eigenvalue weighted by molar-refractivity contribution is -0.0644. The Hall–Kier alpha value is -0.180. The van der Waals surface area contributed by atoms with Crippen molar-refractivity contribution in [2.45, 2.75) is 64.4 Å². The number of aliphatic hydroxyl groups is 1. The van der Waals surface area contributed by atoms with Gasteiger partial charge in [0.05, 0.1) is 6.10 Å². The number of halogens is 2. The second-order valence-corrected chi connectivity index (χ2v) is 5.01. The molecule has 0 heterocycles. The molecule has 1 saturated carbocycles. The van der Waals surface area contributed by atoms with Gasteiger partial charge in [-0.2, -0.15) is 0 Å². The van der Waals surface area contributed by atoms with Gasteiger partial charge in [0.2, 0.25) is 5.92 Å². The molecule has 0 aliphatic heterocycles. The van der Waals surface area contributed by atoms with Crippen LogP contribution in [0.5, 0.6) is 0 Å². The summed E-state index contributed by atoms with van der Waals surface area (Å²) in [4.78, 5) is 0. The van der Waals surface area contributed by atoms with Crippen molar-refractivity contribution < 1.29 is 13.9 Å². The molecule has 1 fully saturated rings. The fraction of sp³-hybridized carbons (Fsp3) is 1.00. The lowest BCUT2D eigenvalue weighted by Gasteiger charge is -2.32. The molecule has 3 heteroatoms. The van der Waals surface area contributed by atoms with Gasteiger partial charge in [0.15, 0.2) is 0 Å². The zero-order valence-electron chi connectivity index (χ0n) is 9.68. The van der Waals surface area contributed by atoms with Crippen LogP contribution in [0.1, 0.15) is 52.4 Å². The molecular weight excluding hydrogens is 198 g/mol. The summed E-state index contributed by atoms with van der Waals surface area (Å²) in [6.07, 6.45) is 2.28. The van der Waals surface area contributed by atoms with E-state index in [1.165, 1.54) is 0 Å². The summed E-state index contributed by atoms with van der Waals surface area (Å²) in [6.45, 7) is 4.19. The summed E-state index contributed by atoms with van der Waals surface area (Å²) >= 11 is 0. The van der Waals surface area contributed by atoms with E-state index < -0.39 is 5.92 Å². The van der Waals surface area contributed by atoms with Crippen molar-refractivity contribution >= 4 is 0 Å². The minimum Gasteiger partial charge on any atom is -0.393 e. The van der Waals surface area contributed by atoms with Crippen molar-refractivity contribution in [2.75, 3.05) is 0 Å². The lowest BCUT2D eigenvalue weighted by Crippen LogP contribution is -2.31. The molecule has 0 aromatic heterocycles. The molecule has 1 aliphatic rings. The molecule has 0 spiro atoms. The third-order valence-corrected chi connectivity index (χ3v) is 3.65. The standard InChI is InChI=1S/C12H22F2O/c1-3-9(2)8-11(15)10-4-6-12(13,14)7-5-10/h9-11,15H,3-8H2,1-2H3. The summed E-state index contributed by atoms with van der Waals surface area (Å²) in [5.74, 6) is -1.90. The minimum absolute atomic E-state index is 0.0464. The average molecular weight is 220 g/mol. The van der Waals surface area contributed by atoms with Gasteiger partial charge in [-0.15, -0.1) is 0 Å². The number of rotatable bonds is 4. The van der Waals surface area contributed by atoms with Crippen LogP contribution < -0.4 is 0 Å². The molecule has 0 amide bonds. The van der Waals surface area contributed by atoms with Crippen molar-refractivity contribution in [3.05, 3.63) is 0 Å². The molecule has 1 nitrogen and oxygen atoms in total. The van der Waals surface area contributed by atoms with E-state index in [2.05, 4.69) is 13.8 Å². The van der Waals surface area contributed by atoms with Gasteiger partial charge < -0.3 is 5.11 Å². The smallest absolute Gasteiger partial charge is 0.248 e. The van der Waals surface area contributed by atoms with Crippen molar-refractivity contribution in [1.82, 2.24) is 0 Å². The second kappa shape index (κ2) is 5.24. The predicted octanol–water partition coefficient (Wildman–Crippen LogP) is 3.61. The van der Waals surface area contributed by atoms with Gasteiger partial charge in [0, 0.05) is 12.8 Å². The number of alkyl halides is 2. The largest absolute Gasteiger partial charge is 0.393 e. The first-order chi connectivity index (χ1) is 6.94. The highest BCUT2D eigenvalue weighted by atomic mass is 19.3. The van der Waals surface area contributed by atoms with Crippen LogP contribution in [-0.4, -0.2) is 17.1 Å². The topological polar surface area (TPSA) is 20.2 Å². The van der Waals surface area contributed by atoms with E-state index in [0.717, 1.165) is 12.8 Å². The molecule has 0 saturated heterocycles. The highest BCUT2D eigenvalue weighted by molar-refractivity contribution is 4.81. The Morgan fingerprint density at radius 3 is 2.33 bits per heavy atom. The Morgan fingerprint density at radius 1 is 1.33 bits per heavy atom. The number of aliphatic hydroxyl groups excluding tert-OH is 1. The first-order valence-corrected chi connectivity index (χ1v) is 6.00. The van der Waals surface area contributed by atoms with Crippen LogP contribution in [0.2, 0.25) is 0 Å². The van der Waals surface area contributed by atoms with Gasteiger partial charge >= 0.3 is 0 Å². The Labute approximate surface area is 90.9 Å². The van der Waals surface area contributed by atoms with E-state index in [1.54, 1.807) is 0 Å². The summed E-state index contributed by atoms with van der Waals surface area (Å²) in [7, 11) is 0. The maximum absolute atomic E-state index is 12.9. The molecule has 0 bridgehead atoms. The van der Waals surface area contributed by atoms with Crippen LogP contribution in [0.25, 0.3) is 0 Å². The molecule has 15 heavy (non-hydrogen) atoms. The first kappa shape index (κ1) is 12.9. The number of hydrogen-bond donors (Lipinski definition) is 1. The molecule has 2 atom stereocenters. The first-order valence-electron chi connectivity index (χ1n) is 6.00. The Morgan fingerprint density at radius 2 is 1.87 bits per heavy atom. The molecular formula is C12H22F2O. The van der Waals surface area contributed by atoms with Crippen LogP contribution in [-0.2, 0) is 0 Å². The van der Waals surface area contributed by atoms with E-state index in [0.29, 0.717) is 18.8 Å². The number of hydrogen-bond acceptors (Lipinski definition) is 1. The molecule has 1 aliphatic carbocycles. The molecule has 90 valence electrons. The lowest BCUT2D eigenvalue weighted by atomic mass is 9.80. The molecule has 2 unspecified atom stereocenters. The van der Waals surface area contributed by atoms with Crippen molar-refractivity contribution in [1.29, 1.82) is 0 Å². The van der Waals surface area contributed by atoms with Crippen LogP contribution in [0.3, 0.4) is 0 Å². The van der Waals surface area contributed by atoms with Gasteiger partial charge in [-0.05, 0) is 31.1 Å².